The van der Waals surface area contributed by atoms with Gasteiger partial charge in [-0.05, 0) is 42.5 Å². The average Bonchev–Trinajstić information content (AvgIpc) is 3.29. The number of nitro groups is 1. The van der Waals surface area contributed by atoms with Gasteiger partial charge >= 0.3 is 0 Å². The predicted molar refractivity (Wildman–Crippen MR) is 101 cm³/mol. The van der Waals surface area contributed by atoms with Gasteiger partial charge in [-0.2, -0.15) is 0 Å². The summed E-state index contributed by atoms with van der Waals surface area (Å²) < 4.78 is 5.67. The third kappa shape index (κ3) is 3.14. The van der Waals surface area contributed by atoms with E-state index in [2.05, 4.69) is 5.43 Å². The second kappa shape index (κ2) is 6.84. The lowest BCUT2D eigenvalue weighted by atomic mass is 10.1. The number of carbonyl (C=O) groups excluding carboxylic acids is 2. The zero-order valence-electron chi connectivity index (χ0n) is 14.4. The summed E-state index contributed by atoms with van der Waals surface area (Å²) in [6, 6.07) is 17.9. The van der Waals surface area contributed by atoms with Crippen LogP contribution >= 0.6 is 0 Å². The molecule has 0 bridgehead atoms. The third-order valence-corrected chi connectivity index (χ3v) is 4.18. The van der Waals surface area contributed by atoms with Gasteiger partial charge in [0.15, 0.2) is 0 Å². The molecule has 1 fully saturated rings. The highest BCUT2D eigenvalue weighted by atomic mass is 16.6. The van der Waals surface area contributed by atoms with Crippen LogP contribution in [0.4, 0.5) is 11.4 Å². The number of nitrogens with one attached hydrogen (secondary N) is 1. The summed E-state index contributed by atoms with van der Waals surface area (Å²) in [6.07, 6.45) is 1.37. The molecule has 0 radical (unpaired) electrons. The molecule has 0 saturated carbocycles. The largest absolute Gasteiger partial charge is 0.457 e. The second-order valence-corrected chi connectivity index (χ2v) is 5.98. The molecule has 1 saturated heterocycles. The lowest BCUT2D eigenvalue weighted by molar-refractivity contribution is -0.384. The first kappa shape index (κ1) is 17.2. The van der Waals surface area contributed by atoms with Crippen LogP contribution in [0.15, 0.2) is 76.7 Å². The Bertz CT molecular complexity index is 1100. The summed E-state index contributed by atoms with van der Waals surface area (Å²) in [4.78, 5) is 35.0. The molecule has 0 atom stereocenters. The monoisotopic (exact) mass is 375 g/mol. The molecule has 2 amide bonds. The van der Waals surface area contributed by atoms with Gasteiger partial charge in [0, 0.05) is 17.7 Å². The van der Waals surface area contributed by atoms with Gasteiger partial charge in [0.1, 0.15) is 17.1 Å². The van der Waals surface area contributed by atoms with Crippen LogP contribution in [0.3, 0.4) is 0 Å². The standard InChI is InChI=1S/C20H13N3O5/c24-19-17(20(25)22(21-19)14-4-2-1-3-5-14)12-16-10-11-18(28-16)13-6-8-15(9-7-13)23(26)27/h1-12H,(H,21,24)/b17-12+. The minimum absolute atomic E-state index is 0.0214. The smallest absolute Gasteiger partial charge is 0.282 e. The van der Waals surface area contributed by atoms with Crippen molar-refractivity contribution in [3.63, 3.8) is 0 Å². The highest BCUT2D eigenvalue weighted by molar-refractivity contribution is 6.31. The van der Waals surface area contributed by atoms with Crippen LogP contribution in [0.5, 0.6) is 0 Å². The van der Waals surface area contributed by atoms with Gasteiger partial charge in [0.25, 0.3) is 17.5 Å². The van der Waals surface area contributed by atoms with E-state index in [9.17, 15) is 19.7 Å². The van der Waals surface area contributed by atoms with Crippen LogP contribution in [0.2, 0.25) is 0 Å². The zero-order chi connectivity index (χ0) is 19.7. The van der Waals surface area contributed by atoms with E-state index in [1.54, 1.807) is 48.5 Å². The van der Waals surface area contributed by atoms with Gasteiger partial charge in [-0.1, -0.05) is 18.2 Å². The van der Waals surface area contributed by atoms with Gasteiger partial charge in [-0.25, -0.2) is 5.01 Å². The number of hydrazine groups is 1. The number of hydrogen-bond acceptors (Lipinski definition) is 5. The number of anilines is 1. The Hall–Kier alpha value is -4.20. The zero-order valence-corrected chi connectivity index (χ0v) is 14.4. The third-order valence-electron chi connectivity index (χ3n) is 4.18. The number of carbonyl (C=O) groups is 2. The molecule has 4 rings (SSSR count). The molecule has 0 spiro atoms. The number of para-hydroxylation sites is 1. The molecule has 1 N–H and O–H groups in total. The van der Waals surface area contributed by atoms with Crippen molar-refractivity contribution in [2.45, 2.75) is 0 Å². The molecular weight excluding hydrogens is 362 g/mol. The maximum absolute atomic E-state index is 12.6. The SMILES string of the molecule is O=C1NN(c2ccccc2)C(=O)/C1=C/c1ccc(-c2ccc([N+](=O)[O-])cc2)o1. The molecule has 138 valence electrons. The van der Waals surface area contributed by atoms with E-state index in [4.69, 9.17) is 4.42 Å². The van der Waals surface area contributed by atoms with Crippen molar-refractivity contribution in [2.75, 3.05) is 5.01 Å². The molecule has 28 heavy (non-hydrogen) atoms. The Labute approximate surface area is 158 Å². The van der Waals surface area contributed by atoms with Crippen LogP contribution in [0.1, 0.15) is 5.76 Å². The number of nitrogens with zero attached hydrogens (tertiary/aromatic N) is 2. The number of non-ortho nitro benzene ring substituents is 1. The fraction of sp³-hybridized carbons (Fsp3) is 0. The highest BCUT2D eigenvalue weighted by Gasteiger charge is 2.34. The normalized spacial score (nSPS) is 15.1. The number of rotatable bonds is 4. The number of nitro benzene ring substituents is 1. The molecule has 2 aromatic carbocycles. The number of furan rings is 1. The van der Waals surface area contributed by atoms with Crippen LogP contribution in [0, 0.1) is 10.1 Å². The lowest BCUT2D eigenvalue weighted by Gasteiger charge is -2.13. The summed E-state index contributed by atoms with van der Waals surface area (Å²) in [5, 5.41) is 11.9. The topological polar surface area (TPSA) is 106 Å². The van der Waals surface area contributed by atoms with E-state index in [0.717, 1.165) is 0 Å². The summed E-state index contributed by atoms with van der Waals surface area (Å²) in [7, 11) is 0. The van der Waals surface area contributed by atoms with Crippen molar-refractivity contribution < 1.29 is 18.9 Å². The van der Waals surface area contributed by atoms with Crippen molar-refractivity contribution in [1.82, 2.24) is 5.43 Å². The summed E-state index contributed by atoms with van der Waals surface area (Å²) >= 11 is 0. The summed E-state index contributed by atoms with van der Waals surface area (Å²) in [6.45, 7) is 0. The fourth-order valence-corrected chi connectivity index (χ4v) is 2.79. The first-order chi connectivity index (χ1) is 13.5. The van der Waals surface area contributed by atoms with Crippen molar-refractivity contribution in [3.8, 4) is 11.3 Å². The molecule has 8 heteroatoms. The van der Waals surface area contributed by atoms with Gasteiger partial charge in [0.05, 0.1) is 10.6 Å². The van der Waals surface area contributed by atoms with Crippen LogP contribution in [0.25, 0.3) is 17.4 Å². The fourth-order valence-electron chi connectivity index (χ4n) is 2.79. The van der Waals surface area contributed by atoms with Crippen molar-refractivity contribution in [1.29, 1.82) is 0 Å². The first-order valence-corrected chi connectivity index (χ1v) is 8.30. The van der Waals surface area contributed by atoms with Crippen LogP contribution < -0.4 is 10.4 Å². The Morgan fingerprint density at radius 3 is 2.36 bits per heavy atom. The minimum atomic E-state index is -0.526. The molecule has 8 nitrogen and oxygen atoms in total. The maximum atomic E-state index is 12.6. The van der Waals surface area contributed by atoms with E-state index in [0.29, 0.717) is 22.8 Å². The number of hydrogen-bond donors (Lipinski definition) is 1. The van der Waals surface area contributed by atoms with E-state index < -0.39 is 16.7 Å². The predicted octanol–water partition coefficient (Wildman–Crippen LogP) is 3.32. The maximum Gasteiger partial charge on any atom is 0.282 e. The van der Waals surface area contributed by atoms with E-state index in [1.165, 1.54) is 23.2 Å². The Morgan fingerprint density at radius 1 is 0.964 bits per heavy atom. The van der Waals surface area contributed by atoms with Crippen LogP contribution in [-0.4, -0.2) is 16.7 Å². The first-order valence-electron chi connectivity index (χ1n) is 8.30. The molecule has 1 aliphatic rings. The molecule has 1 aliphatic heterocycles. The molecule has 3 aromatic rings. The molecule has 0 aliphatic carbocycles. The summed E-state index contributed by atoms with van der Waals surface area (Å²) in [5.41, 5.74) is 3.64. The Balaban J connectivity index is 1.59. The Kier molecular flexibility index (Phi) is 4.21. The lowest BCUT2D eigenvalue weighted by Crippen LogP contribution is -2.35. The van der Waals surface area contributed by atoms with Gasteiger partial charge in [0.2, 0.25) is 0 Å². The van der Waals surface area contributed by atoms with Crippen LogP contribution in [-0.2, 0) is 9.59 Å². The van der Waals surface area contributed by atoms with Crippen molar-refractivity contribution in [2.24, 2.45) is 0 Å². The van der Waals surface area contributed by atoms with Gasteiger partial charge < -0.3 is 4.42 Å². The highest BCUT2D eigenvalue weighted by Crippen LogP contribution is 2.27. The average molecular weight is 375 g/mol. The summed E-state index contributed by atoms with van der Waals surface area (Å²) in [5.74, 6) is -0.221. The van der Waals surface area contributed by atoms with Gasteiger partial charge in [-0.3, -0.25) is 25.1 Å². The van der Waals surface area contributed by atoms with E-state index in [1.807, 2.05) is 6.07 Å². The second-order valence-electron chi connectivity index (χ2n) is 5.98. The molecular formula is C20H13N3O5. The van der Waals surface area contributed by atoms with Gasteiger partial charge in [-0.15, -0.1) is 0 Å². The van der Waals surface area contributed by atoms with E-state index >= 15 is 0 Å². The molecule has 1 aromatic heterocycles. The molecule has 0 unspecified atom stereocenters. The number of benzene rings is 2. The quantitative estimate of drug-likeness (QED) is 0.326. The number of amides is 2. The van der Waals surface area contributed by atoms with E-state index in [-0.39, 0.29) is 11.3 Å². The van der Waals surface area contributed by atoms with Crippen molar-refractivity contribution >= 4 is 29.3 Å². The van der Waals surface area contributed by atoms with Crippen molar-refractivity contribution in [3.05, 3.63) is 88.2 Å². The Morgan fingerprint density at radius 2 is 1.68 bits per heavy atom. The molecule has 2 heterocycles. The minimum Gasteiger partial charge on any atom is -0.457 e.